The molecule has 2 aliphatic rings. The minimum absolute atomic E-state index is 0.0432. The van der Waals surface area contributed by atoms with Crippen LogP contribution in [0.5, 0.6) is 0 Å². The number of nitrogens with zero attached hydrogens (tertiary/aromatic N) is 1. The molecule has 106 valence electrons. The third-order valence-corrected chi connectivity index (χ3v) is 5.14. The Hall–Kier alpha value is -1.64. The predicted octanol–water partition coefficient (Wildman–Crippen LogP) is -1.77. The zero-order valence-corrected chi connectivity index (χ0v) is 11.2. The summed E-state index contributed by atoms with van der Waals surface area (Å²) in [5.74, 6) is -0.857. The number of hydrogen-bond donors (Lipinski definition) is 2. The first-order chi connectivity index (χ1) is 8.78. The minimum atomic E-state index is -3.06. The molecule has 2 fully saturated rings. The Labute approximate surface area is 110 Å². The van der Waals surface area contributed by atoms with Crippen molar-refractivity contribution >= 4 is 27.7 Å². The third-order valence-electron chi connectivity index (χ3n) is 3.39. The van der Waals surface area contributed by atoms with Crippen molar-refractivity contribution in [1.82, 2.24) is 15.5 Å². The average Bonchev–Trinajstić information content (AvgIpc) is 2.81. The quantitative estimate of drug-likeness (QED) is 0.597. The van der Waals surface area contributed by atoms with E-state index >= 15 is 0 Å². The standard InChI is InChI=1S/C10H15N3O5S/c1-13(6-2-3-19(17,18)5-6)8(14)4-7-9(15)12-10(16)11-7/h6-7H,2-5H2,1H3,(H2,11,12,15,16)/t6-,7-/m1/s1. The van der Waals surface area contributed by atoms with Crippen molar-refractivity contribution in [1.29, 1.82) is 0 Å². The first-order valence-corrected chi connectivity index (χ1v) is 7.68. The van der Waals surface area contributed by atoms with E-state index in [4.69, 9.17) is 0 Å². The van der Waals surface area contributed by atoms with E-state index in [0.29, 0.717) is 6.42 Å². The zero-order chi connectivity index (χ0) is 14.2. The Morgan fingerprint density at radius 3 is 2.58 bits per heavy atom. The predicted molar refractivity (Wildman–Crippen MR) is 64.9 cm³/mol. The molecule has 19 heavy (non-hydrogen) atoms. The van der Waals surface area contributed by atoms with Crippen LogP contribution in [-0.2, 0) is 19.4 Å². The lowest BCUT2D eigenvalue weighted by atomic mass is 10.1. The van der Waals surface area contributed by atoms with Crippen molar-refractivity contribution < 1.29 is 22.8 Å². The van der Waals surface area contributed by atoms with E-state index in [1.165, 1.54) is 11.9 Å². The second kappa shape index (κ2) is 4.80. The number of amides is 4. The SMILES string of the molecule is CN(C(=O)C[C@H]1NC(=O)NC1=O)[C@@H]1CCS(=O)(=O)C1. The number of imide groups is 1. The topological polar surface area (TPSA) is 113 Å². The van der Waals surface area contributed by atoms with Crippen molar-refractivity contribution in [3.63, 3.8) is 0 Å². The third kappa shape index (κ3) is 3.03. The van der Waals surface area contributed by atoms with Gasteiger partial charge in [0.2, 0.25) is 5.91 Å². The molecule has 2 rings (SSSR count). The van der Waals surface area contributed by atoms with Crippen LogP contribution in [0.15, 0.2) is 0 Å². The Morgan fingerprint density at radius 1 is 1.42 bits per heavy atom. The maximum atomic E-state index is 11.9. The summed E-state index contributed by atoms with van der Waals surface area (Å²) >= 11 is 0. The molecule has 0 spiro atoms. The molecule has 0 aromatic carbocycles. The summed E-state index contributed by atoms with van der Waals surface area (Å²) in [7, 11) is -1.55. The lowest BCUT2D eigenvalue weighted by Crippen LogP contribution is -2.42. The first kappa shape index (κ1) is 13.8. The fourth-order valence-electron chi connectivity index (χ4n) is 2.21. The molecule has 2 aliphatic heterocycles. The van der Waals surface area contributed by atoms with Crippen molar-refractivity contribution in [2.45, 2.75) is 24.9 Å². The molecule has 2 saturated heterocycles. The maximum Gasteiger partial charge on any atom is 0.322 e. The number of urea groups is 1. The van der Waals surface area contributed by atoms with E-state index in [1.54, 1.807) is 0 Å². The van der Waals surface area contributed by atoms with E-state index in [0.717, 1.165) is 0 Å². The number of rotatable bonds is 3. The van der Waals surface area contributed by atoms with Crippen LogP contribution in [0.1, 0.15) is 12.8 Å². The van der Waals surface area contributed by atoms with Crippen LogP contribution in [0.3, 0.4) is 0 Å². The Morgan fingerprint density at radius 2 is 2.11 bits per heavy atom. The monoisotopic (exact) mass is 289 g/mol. The molecule has 0 saturated carbocycles. The molecule has 2 heterocycles. The highest BCUT2D eigenvalue weighted by molar-refractivity contribution is 7.91. The normalized spacial score (nSPS) is 28.9. The number of hydrogen-bond acceptors (Lipinski definition) is 5. The van der Waals surface area contributed by atoms with Crippen LogP contribution in [0.25, 0.3) is 0 Å². The van der Waals surface area contributed by atoms with Gasteiger partial charge in [0.05, 0.1) is 17.9 Å². The first-order valence-electron chi connectivity index (χ1n) is 5.86. The summed E-state index contributed by atoms with van der Waals surface area (Å²) in [5.41, 5.74) is 0. The molecule has 2 atom stereocenters. The molecule has 0 radical (unpaired) electrons. The lowest BCUT2D eigenvalue weighted by molar-refractivity contribution is -0.134. The van der Waals surface area contributed by atoms with E-state index in [9.17, 15) is 22.8 Å². The van der Waals surface area contributed by atoms with Gasteiger partial charge in [-0.05, 0) is 6.42 Å². The number of nitrogens with one attached hydrogen (secondary N) is 2. The fraction of sp³-hybridized carbons (Fsp3) is 0.700. The highest BCUT2D eigenvalue weighted by Gasteiger charge is 2.36. The summed E-state index contributed by atoms with van der Waals surface area (Å²) < 4.78 is 22.7. The van der Waals surface area contributed by atoms with Crippen LogP contribution >= 0.6 is 0 Å². The van der Waals surface area contributed by atoms with E-state index < -0.39 is 27.8 Å². The van der Waals surface area contributed by atoms with Crippen molar-refractivity contribution in [3.05, 3.63) is 0 Å². The average molecular weight is 289 g/mol. The van der Waals surface area contributed by atoms with Gasteiger partial charge in [-0.3, -0.25) is 14.9 Å². The minimum Gasteiger partial charge on any atom is -0.342 e. The summed E-state index contributed by atoms with van der Waals surface area (Å²) in [4.78, 5) is 35.5. The van der Waals surface area contributed by atoms with Gasteiger partial charge in [0.15, 0.2) is 9.84 Å². The zero-order valence-electron chi connectivity index (χ0n) is 10.4. The molecule has 0 aliphatic carbocycles. The van der Waals surface area contributed by atoms with Crippen molar-refractivity contribution in [2.24, 2.45) is 0 Å². The molecular formula is C10H15N3O5S. The number of sulfone groups is 1. The number of carbonyl (C=O) groups excluding carboxylic acids is 3. The van der Waals surface area contributed by atoms with Gasteiger partial charge in [-0.25, -0.2) is 13.2 Å². The second-order valence-corrected chi connectivity index (χ2v) is 7.01. The fourth-order valence-corrected chi connectivity index (χ4v) is 3.98. The van der Waals surface area contributed by atoms with Crippen LogP contribution in [0.2, 0.25) is 0 Å². The summed E-state index contributed by atoms with van der Waals surface area (Å²) in [6.45, 7) is 0. The van der Waals surface area contributed by atoms with Crippen molar-refractivity contribution in [2.75, 3.05) is 18.6 Å². The molecular weight excluding hydrogens is 274 g/mol. The molecule has 0 bridgehead atoms. The molecule has 2 N–H and O–H groups in total. The Kier molecular flexibility index (Phi) is 3.48. The highest BCUT2D eigenvalue weighted by Crippen LogP contribution is 2.17. The second-order valence-electron chi connectivity index (χ2n) is 4.78. The molecule has 0 aromatic rings. The molecule has 4 amide bonds. The van der Waals surface area contributed by atoms with E-state index in [1.807, 2.05) is 5.32 Å². The van der Waals surface area contributed by atoms with Gasteiger partial charge in [-0.1, -0.05) is 0 Å². The van der Waals surface area contributed by atoms with Gasteiger partial charge in [0, 0.05) is 13.1 Å². The van der Waals surface area contributed by atoms with Crippen LogP contribution < -0.4 is 10.6 Å². The van der Waals surface area contributed by atoms with Gasteiger partial charge in [0.25, 0.3) is 5.91 Å². The highest BCUT2D eigenvalue weighted by atomic mass is 32.2. The summed E-state index contributed by atoms with van der Waals surface area (Å²) in [6, 6.07) is -1.84. The summed E-state index contributed by atoms with van der Waals surface area (Å²) in [6.07, 6.45) is 0.248. The summed E-state index contributed by atoms with van der Waals surface area (Å²) in [5, 5.41) is 4.37. The Balaban J connectivity index is 1.93. The van der Waals surface area contributed by atoms with Gasteiger partial charge in [-0.15, -0.1) is 0 Å². The van der Waals surface area contributed by atoms with Gasteiger partial charge >= 0.3 is 6.03 Å². The van der Waals surface area contributed by atoms with Crippen LogP contribution in [0, 0.1) is 0 Å². The molecule has 0 unspecified atom stereocenters. The lowest BCUT2D eigenvalue weighted by Gasteiger charge is -2.24. The Bertz CT molecular complexity index is 529. The number of carbonyl (C=O) groups is 3. The molecule has 0 aromatic heterocycles. The van der Waals surface area contributed by atoms with Crippen molar-refractivity contribution in [3.8, 4) is 0 Å². The van der Waals surface area contributed by atoms with Gasteiger partial charge < -0.3 is 10.2 Å². The largest absolute Gasteiger partial charge is 0.342 e. The van der Waals surface area contributed by atoms with Gasteiger partial charge in [0.1, 0.15) is 6.04 Å². The van der Waals surface area contributed by atoms with E-state index in [2.05, 4.69) is 5.32 Å². The van der Waals surface area contributed by atoms with Crippen LogP contribution in [0.4, 0.5) is 4.79 Å². The molecule has 8 nitrogen and oxygen atoms in total. The smallest absolute Gasteiger partial charge is 0.322 e. The molecule has 9 heteroatoms. The van der Waals surface area contributed by atoms with Crippen LogP contribution in [-0.4, -0.2) is 61.8 Å². The van der Waals surface area contributed by atoms with E-state index in [-0.39, 0.29) is 29.9 Å². The van der Waals surface area contributed by atoms with Gasteiger partial charge in [-0.2, -0.15) is 0 Å². The maximum absolute atomic E-state index is 11.9.